The normalized spacial score (nSPS) is 30.9. The smallest absolute Gasteiger partial charge is 0.192 e. The topological polar surface area (TPSA) is 24.8 Å². The minimum Gasteiger partial charge on any atom is -0.413 e. The van der Waals surface area contributed by atoms with Gasteiger partial charge in [-0.15, -0.1) is 0 Å². The molecule has 0 aromatic carbocycles. The number of hydrogen-bond acceptors (Lipinski definition) is 3. The third-order valence-electron chi connectivity index (χ3n) is 6.17. The Labute approximate surface area is 144 Å². The van der Waals surface area contributed by atoms with Crippen LogP contribution in [0.5, 0.6) is 0 Å². The van der Waals surface area contributed by atoms with Crippen molar-refractivity contribution in [2.75, 3.05) is 14.1 Å². The van der Waals surface area contributed by atoms with Crippen molar-refractivity contribution in [3.63, 3.8) is 0 Å². The van der Waals surface area contributed by atoms with Crippen LogP contribution in [-0.2, 0) is 4.43 Å². The highest BCUT2D eigenvalue weighted by atomic mass is 28.4. The summed E-state index contributed by atoms with van der Waals surface area (Å²) in [6.45, 7) is 14.2. The third kappa shape index (κ3) is 3.90. The van der Waals surface area contributed by atoms with Gasteiger partial charge in [-0.05, 0) is 56.3 Å². The fraction of sp³-hybridized carbons (Fsp3) is 0.842. The molecule has 4 heteroatoms. The summed E-state index contributed by atoms with van der Waals surface area (Å²) in [4.78, 5) is 0. The molecule has 0 unspecified atom stereocenters. The van der Waals surface area contributed by atoms with Gasteiger partial charge in [0.15, 0.2) is 8.32 Å². The van der Waals surface area contributed by atoms with Crippen molar-refractivity contribution in [1.82, 2.24) is 5.01 Å². The van der Waals surface area contributed by atoms with E-state index >= 15 is 0 Å². The highest BCUT2D eigenvalue weighted by Crippen LogP contribution is 2.50. The van der Waals surface area contributed by atoms with Crippen LogP contribution in [0.25, 0.3) is 0 Å². The Balaban J connectivity index is 2.25. The van der Waals surface area contributed by atoms with Gasteiger partial charge in [0.25, 0.3) is 0 Å². The van der Waals surface area contributed by atoms with Gasteiger partial charge in [-0.2, -0.15) is 5.10 Å². The van der Waals surface area contributed by atoms with Crippen LogP contribution in [0.1, 0.15) is 59.8 Å². The molecule has 1 fully saturated rings. The minimum absolute atomic E-state index is 0.207. The first-order valence-electron chi connectivity index (χ1n) is 9.09. The molecule has 2 aliphatic carbocycles. The zero-order valence-corrected chi connectivity index (χ0v) is 17.5. The van der Waals surface area contributed by atoms with E-state index in [2.05, 4.69) is 52.0 Å². The van der Waals surface area contributed by atoms with Crippen molar-refractivity contribution in [2.24, 2.45) is 10.5 Å². The molecule has 2 aliphatic rings. The Morgan fingerprint density at radius 1 is 1.26 bits per heavy atom. The van der Waals surface area contributed by atoms with E-state index in [1.54, 1.807) is 5.57 Å². The summed E-state index contributed by atoms with van der Waals surface area (Å²) in [6.07, 6.45) is 8.64. The maximum absolute atomic E-state index is 6.88. The highest BCUT2D eigenvalue weighted by molar-refractivity contribution is 6.74. The SMILES string of the molecule is CN(C)/N=C1/C=C2CCC[C@H](O[Si](C)(C)C(C)(C)C)[C@@]2(C)CC1. The average molecular weight is 337 g/mol. The molecule has 132 valence electrons. The van der Waals surface area contributed by atoms with Gasteiger partial charge in [0.05, 0.1) is 11.8 Å². The lowest BCUT2D eigenvalue weighted by atomic mass is 9.64. The van der Waals surface area contributed by atoms with Gasteiger partial charge in [0.1, 0.15) is 0 Å². The van der Waals surface area contributed by atoms with Gasteiger partial charge in [-0.25, -0.2) is 0 Å². The molecule has 0 spiro atoms. The second-order valence-electron chi connectivity index (χ2n) is 9.28. The summed E-state index contributed by atoms with van der Waals surface area (Å²) in [6, 6.07) is 0. The molecule has 1 saturated carbocycles. The second-order valence-corrected chi connectivity index (χ2v) is 14.0. The number of rotatable bonds is 3. The lowest BCUT2D eigenvalue weighted by Gasteiger charge is -2.50. The van der Waals surface area contributed by atoms with E-state index in [1.165, 1.54) is 31.4 Å². The van der Waals surface area contributed by atoms with E-state index in [9.17, 15) is 0 Å². The second kappa shape index (κ2) is 6.36. The Kier molecular flexibility index (Phi) is 5.18. The van der Waals surface area contributed by atoms with E-state index in [0.29, 0.717) is 6.10 Å². The number of hydrogen-bond donors (Lipinski definition) is 0. The Morgan fingerprint density at radius 3 is 2.48 bits per heavy atom. The molecular weight excluding hydrogens is 300 g/mol. The Hall–Kier alpha value is -0.613. The van der Waals surface area contributed by atoms with Crippen molar-refractivity contribution in [1.29, 1.82) is 0 Å². The van der Waals surface area contributed by atoms with Crippen LogP contribution in [0.3, 0.4) is 0 Å². The molecule has 0 radical (unpaired) electrons. The maximum Gasteiger partial charge on any atom is 0.192 e. The van der Waals surface area contributed by atoms with E-state index in [4.69, 9.17) is 4.43 Å². The first-order chi connectivity index (χ1) is 10.5. The Bertz CT molecular complexity index is 502. The third-order valence-corrected chi connectivity index (χ3v) is 10.7. The van der Waals surface area contributed by atoms with Crippen LogP contribution < -0.4 is 0 Å². The lowest BCUT2D eigenvalue weighted by Crippen LogP contribution is -2.51. The predicted molar refractivity (Wildman–Crippen MR) is 102 cm³/mol. The Morgan fingerprint density at radius 2 is 1.91 bits per heavy atom. The summed E-state index contributed by atoms with van der Waals surface area (Å²) in [7, 11) is 2.28. The highest BCUT2D eigenvalue weighted by Gasteiger charge is 2.47. The average Bonchev–Trinajstić information content (AvgIpc) is 2.38. The summed E-state index contributed by atoms with van der Waals surface area (Å²) in [5.41, 5.74) is 3.01. The zero-order chi connectivity index (χ0) is 17.5. The predicted octanol–water partition coefficient (Wildman–Crippen LogP) is 5.20. The van der Waals surface area contributed by atoms with Crippen LogP contribution in [0.2, 0.25) is 18.1 Å². The monoisotopic (exact) mass is 336 g/mol. The fourth-order valence-corrected chi connectivity index (χ4v) is 5.01. The van der Waals surface area contributed by atoms with E-state index in [-0.39, 0.29) is 10.5 Å². The molecule has 0 aliphatic heterocycles. The maximum atomic E-state index is 6.88. The van der Waals surface area contributed by atoms with Gasteiger partial charge in [0, 0.05) is 19.5 Å². The van der Waals surface area contributed by atoms with Gasteiger partial charge in [0.2, 0.25) is 0 Å². The van der Waals surface area contributed by atoms with Crippen LogP contribution >= 0.6 is 0 Å². The number of nitrogens with zero attached hydrogens (tertiary/aromatic N) is 2. The molecule has 0 aromatic rings. The van der Waals surface area contributed by atoms with E-state index in [0.717, 1.165) is 6.42 Å². The molecule has 0 heterocycles. The first-order valence-corrected chi connectivity index (χ1v) is 12.0. The number of hydrazone groups is 1. The molecule has 3 nitrogen and oxygen atoms in total. The van der Waals surface area contributed by atoms with Gasteiger partial charge in [-0.3, -0.25) is 0 Å². The summed E-state index contributed by atoms with van der Waals surface area (Å²) >= 11 is 0. The van der Waals surface area contributed by atoms with Gasteiger partial charge >= 0.3 is 0 Å². The van der Waals surface area contributed by atoms with E-state index in [1.807, 2.05) is 19.1 Å². The summed E-state index contributed by atoms with van der Waals surface area (Å²) < 4.78 is 6.88. The molecular formula is C19H36N2OSi. The number of allylic oxidation sites excluding steroid dienone is 1. The molecule has 2 rings (SSSR count). The number of fused-ring (bicyclic) bond motifs is 1. The first kappa shape index (κ1) is 18.7. The van der Waals surface area contributed by atoms with E-state index < -0.39 is 8.32 Å². The summed E-state index contributed by atoms with van der Waals surface area (Å²) in [5, 5.41) is 6.83. The van der Waals surface area contributed by atoms with Crippen molar-refractivity contribution < 1.29 is 4.43 Å². The minimum atomic E-state index is -1.72. The van der Waals surface area contributed by atoms with Crippen molar-refractivity contribution >= 4 is 14.0 Å². The quantitative estimate of drug-likeness (QED) is 0.522. The molecule has 2 atom stereocenters. The van der Waals surface area contributed by atoms with Crippen molar-refractivity contribution in [3.8, 4) is 0 Å². The van der Waals surface area contributed by atoms with Crippen LogP contribution in [0.15, 0.2) is 16.8 Å². The molecule has 0 aromatic heterocycles. The van der Waals surface area contributed by atoms with Crippen LogP contribution in [0, 0.1) is 5.41 Å². The molecule has 0 bridgehead atoms. The zero-order valence-electron chi connectivity index (χ0n) is 16.5. The van der Waals surface area contributed by atoms with Crippen molar-refractivity contribution in [3.05, 3.63) is 11.6 Å². The van der Waals surface area contributed by atoms with Crippen LogP contribution in [-0.4, -0.2) is 39.2 Å². The van der Waals surface area contributed by atoms with Crippen LogP contribution in [0.4, 0.5) is 0 Å². The molecule has 0 saturated heterocycles. The molecule has 23 heavy (non-hydrogen) atoms. The molecule has 0 N–H and O–H groups in total. The van der Waals surface area contributed by atoms with Gasteiger partial charge in [-0.1, -0.05) is 33.3 Å². The summed E-state index contributed by atoms with van der Waals surface area (Å²) in [5.74, 6) is 0. The largest absolute Gasteiger partial charge is 0.413 e. The standard InChI is InChI=1S/C19H36N2OSi/c1-18(2,3)23(7,8)22-17-11-9-10-15-14-16(20-21(5)6)12-13-19(15,17)4/h14,17H,9-13H2,1-8H3/b20-16+/t17-,19-/m0/s1. The lowest BCUT2D eigenvalue weighted by molar-refractivity contribution is 0.0404. The molecule has 0 amide bonds. The van der Waals surface area contributed by atoms with Crippen molar-refractivity contribution in [2.45, 2.75) is 84.0 Å². The van der Waals surface area contributed by atoms with Gasteiger partial charge < -0.3 is 9.43 Å². The fourth-order valence-electron chi connectivity index (χ4n) is 3.57.